The fraction of sp³-hybridized carbons (Fsp3) is 0.400. The number of methoxy groups -OCH3 is 1. The van der Waals surface area contributed by atoms with Crippen molar-refractivity contribution in [2.24, 2.45) is 0 Å². The number of nitrogens with zero attached hydrogens (tertiary/aromatic N) is 1. The molecule has 0 N–H and O–H groups in total. The molecule has 0 spiro atoms. The zero-order valence-electron chi connectivity index (χ0n) is 15.4. The molecule has 1 fully saturated rings. The zero-order valence-corrected chi connectivity index (χ0v) is 15.4. The van der Waals surface area contributed by atoms with Gasteiger partial charge in [0.2, 0.25) is 0 Å². The normalized spacial score (nSPS) is 20.1. The van der Waals surface area contributed by atoms with Crippen molar-refractivity contribution in [3.8, 4) is 0 Å². The molecule has 3 rings (SSSR count). The minimum atomic E-state index is -0.531. The number of ether oxygens (including phenoxy) is 2. The summed E-state index contributed by atoms with van der Waals surface area (Å²) in [5.74, 6) is -0.666. The molecule has 1 saturated heterocycles. The number of carbonyl (C=O) groups is 2. The number of morpholine rings is 1. The first kappa shape index (κ1) is 18.2. The third-order valence-corrected chi connectivity index (χ3v) is 4.71. The highest BCUT2D eigenvalue weighted by atomic mass is 16.5. The second kappa shape index (κ2) is 7.33. The van der Waals surface area contributed by atoms with Gasteiger partial charge in [0.15, 0.2) is 5.76 Å². The quantitative estimate of drug-likeness (QED) is 0.789. The van der Waals surface area contributed by atoms with Crippen LogP contribution >= 0.6 is 0 Å². The van der Waals surface area contributed by atoms with Gasteiger partial charge in [0.05, 0.1) is 31.9 Å². The van der Waals surface area contributed by atoms with Gasteiger partial charge in [-0.1, -0.05) is 23.8 Å². The molecule has 1 aromatic carbocycles. The van der Waals surface area contributed by atoms with Crippen LogP contribution in [0.3, 0.4) is 0 Å². The molecule has 2 aromatic rings. The Hall–Kier alpha value is -2.60. The second-order valence-corrected chi connectivity index (χ2v) is 6.68. The smallest absolute Gasteiger partial charge is 0.341 e. The fourth-order valence-electron chi connectivity index (χ4n) is 3.15. The summed E-state index contributed by atoms with van der Waals surface area (Å²) in [6.07, 6.45) is 1.05. The Kier molecular flexibility index (Phi) is 5.13. The van der Waals surface area contributed by atoms with Crippen LogP contribution in [0.25, 0.3) is 0 Å². The molecule has 0 radical (unpaired) electrons. The molecule has 0 saturated carbocycles. The third kappa shape index (κ3) is 3.51. The van der Waals surface area contributed by atoms with Crippen LogP contribution in [0.1, 0.15) is 50.6 Å². The largest absolute Gasteiger partial charge is 0.465 e. The van der Waals surface area contributed by atoms with Crippen LogP contribution in [0.2, 0.25) is 0 Å². The minimum Gasteiger partial charge on any atom is -0.465 e. The summed E-state index contributed by atoms with van der Waals surface area (Å²) >= 11 is 0. The maximum absolute atomic E-state index is 12.9. The van der Waals surface area contributed by atoms with Crippen molar-refractivity contribution in [1.82, 2.24) is 4.90 Å². The number of carbonyl (C=O) groups excluding carboxylic acids is 2. The molecule has 1 aromatic heterocycles. The second-order valence-electron chi connectivity index (χ2n) is 6.68. The first-order chi connectivity index (χ1) is 12.4. The minimum absolute atomic E-state index is 0.0875. The highest BCUT2D eigenvalue weighted by Gasteiger charge is 2.33. The Morgan fingerprint density at radius 3 is 2.73 bits per heavy atom. The Balaban J connectivity index is 1.82. The van der Waals surface area contributed by atoms with E-state index in [2.05, 4.69) is 22.9 Å². The molecule has 1 aliphatic heterocycles. The number of furan rings is 1. The van der Waals surface area contributed by atoms with Crippen LogP contribution in [0, 0.1) is 13.8 Å². The van der Waals surface area contributed by atoms with E-state index < -0.39 is 5.97 Å². The van der Waals surface area contributed by atoms with E-state index in [0.717, 1.165) is 16.7 Å². The number of hydrogen-bond acceptors (Lipinski definition) is 5. The van der Waals surface area contributed by atoms with Gasteiger partial charge in [0.1, 0.15) is 12.4 Å². The van der Waals surface area contributed by atoms with Crippen molar-refractivity contribution in [2.75, 3.05) is 20.3 Å². The van der Waals surface area contributed by atoms with E-state index in [4.69, 9.17) is 9.15 Å². The number of aryl methyl sites for hydroxylation is 2. The number of rotatable bonds is 3. The summed E-state index contributed by atoms with van der Waals surface area (Å²) in [5, 5.41) is 0. The maximum atomic E-state index is 12.9. The number of esters is 1. The Labute approximate surface area is 152 Å². The molecule has 2 atom stereocenters. The molecule has 6 heteroatoms. The summed E-state index contributed by atoms with van der Waals surface area (Å²) in [4.78, 5) is 26.2. The summed E-state index contributed by atoms with van der Waals surface area (Å²) in [6.45, 7) is 6.88. The monoisotopic (exact) mass is 357 g/mol. The molecule has 138 valence electrons. The predicted octanol–water partition coefficient (Wildman–Crippen LogP) is 3.29. The summed E-state index contributed by atoms with van der Waals surface area (Å²) in [5.41, 5.74) is 3.60. The molecule has 1 amide bonds. The van der Waals surface area contributed by atoms with Crippen molar-refractivity contribution >= 4 is 11.9 Å². The van der Waals surface area contributed by atoms with Gasteiger partial charge in [-0.25, -0.2) is 4.79 Å². The van der Waals surface area contributed by atoms with Gasteiger partial charge >= 0.3 is 5.97 Å². The van der Waals surface area contributed by atoms with E-state index in [1.807, 2.05) is 20.8 Å². The van der Waals surface area contributed by atoms with Gasteiger partial charge < -0.3 is 18.8 Å². The van der Waals surface area contributed by atoms with Crippen molar-refractivity contribution in [1.29, 1.82) is 0 Å². The third-order valence-electron chi connectivity index (χ3n) is 4.71. The van der Waals surface area contributed by atoms with Crippen LogP contribution in [-0.2, 0) is 9.47 Å². The van der Waals surface area contributed by atoms with Gasteiger partial charge in [-0.3, -0.25) is 4.79 Å². The van der Waals surface area contributed by atoms with Crippen molar-refractivity contribution < 1.29 is 23.5 Å². The van der Waals surface area contributed by atoms with Crippen molar-refractivity contribution in [3.63, 3.8) is 0 Å². The summed E-state index contributed by atoms with van der Waals surface area (Å²) in [6, 6.07) is 7.55. The van der Waals surface area contributed by atoms with Crippen molar-refractivity contribution in [3.05, 3.63) is 58.5 Å². The first-order valence-corrected chi connectivity index (χ1v) is 8.57. The van der Waals surface area contributed by atoms with Gasteiger partial charge in [-0.2, -0.15) is 0 Å². The molecule has 0 bridgehead atoms. The predicted molar refractivity (Wildman–Crippen MR) is 95.2 cm³/mol. The highest BCUT2D eigenvalue weighted by molar-refractivity contribution is 5.96. The molecule has 26 heavy (non-hydrogen) atoms. The molecular weight excluding hydrogens is 334 g/mol. The van der Waals surface area contributed by atoms with E-state index in [-0.39, 0.29) is 29.4 Å². The fourth-order valence-corrected chi connectivity index (χ4v) is 3.15. The van der Waals surface area contributed by atoms with E-state index in [1.165, 1.54) is 19.4 Å². The SMILES string of the molecule is COC(=O)c1coc(C(=O)N2C[C@@H](c3cc(C)ccc3C)OC[C@@H]2C)c1. The molecule has 1 aliphatic rings. The average molecular weight is 357 g/mol. The van der Waals surface area contributed by atoms with Crippen LogP contribution < -0.4 is 0 Å². The van der Waals surface area contributed by atoms with E-state index in [0.29, 0.717) is 13.2 Å². The Bertz CT molecular complexity index is 825. The van der Waals surface area contributed by atoms with Crippen molar-refractivity contribution in [2.45, 2.75) is 32.9 Å². The van der Waals surface area contributed by atoms with Crippen LogP contribution in [-0.4, -0.2) is 43.1 Å². The summed E-state index contributed by atoms with van der Waals surface area (Å²) < 4.78 is 15.9. The topological polar surface area (TPSA) is 69.0 Å². The van der Waals surface area contributed by atoms with Crippen LogP contribution in [0.15, 0.2) is 34.9 Å². The van der Waals surface area contributed by atoms with Crippen LogP contribution in [0.4, 0.5) is 0 Å². The molecule has 0 unspecified atom stereocenters. The lowest BCUT2D eigenvalue weighted by atomic mass is 9.98. The molecular formula is C20H23NO5. The zero-order chi connectivity index (χ0) is 18.8. The molecule has 6 nitrogen and oxygen atoms in total. The van der Waals surface area contributed by atoms with Gasteiger partial charge in [0, 0.05) is 6.07 Å². The first-order valence-electron chi connectivity index (χ1n) is 8.57. The van der Waals surface area contributed by atoms with Gasteiger partial charge in [-0.15, -0.1) is 0 Å². The standard InChI is InChI=1S/C20H23NO5/c1-12-5-6-13(2)16(7-12)18-9-21(14(3)10-25-18)19(22)17-8-15(11-26-17)20(23)24-4/h5-8,11,14,18H,9-10H2,1-4H3/t14-,18-/m0/s1. The lowest BCUT2D eigenvalue weighted by Gasteiger charge is -2.38. The van der Waals surface area contributed by atoms with Gasteiger partial charge in [0.25, 0.3) is 5.91 Å². The average Bonchev–Trinajstić information content (AvgIpc) is 3.13. The lowest BCUT2D eigenvalue weighted by Crippen LogP contribution is -2.48. The van der Waals surface area contributed by atoms with Crippen LogP contribution in [0.5, 0.6) is 0 Å². The highest BCUT2D eigenvalue weighted by Crippen LogP contribution is 2.29. The number of hydrogen-bond donors (Lipinski definition) is 0. The molecule has 0 aliphatic carbocycles. The lowest BCUT2D eigenvalue weighted by molar-refractivity contribution is -0.0497. The van der Waals surface area contributed by atoms with E-state index in [9.17, 15) is 9.59 Å². The maximum Gasteiger partial charge on any atom is 0.341 e. The van der Waals surface area contributed by atoms with E-state index in [1.54, 1.807) is 4.90 Å². The summed E-state index contributed by atoms with van der Waals surface area (Å²) in [7, 11) is 1.29. The Morgan fingerprint density at radius 2 is 2.00 bits per heavy atom. The number of amides is 1. The number of benzene rings is 1. The van der Waals surface area contributed by atoms with Gasteiger partial charge in [-0.05, 0) is 31.9 Å². The van der Waals surface area contributed by atoms with E-state index >= 15 is 0 Å². The molecule has 2 heterocycles. The Morgan fingerprint density at radius 1 is 1.23 bits per heavy atom.